The Labute approximate surface area is 88.3 Å². The second kappa shape index (κ2) is 4.29. The fourth-order valence-corrected chi connectivity index (χ4v) is 1.41. The highest BCUT2D eigenvalue weighted by molar-refractivity contribution is 7.85. The average Bonchev–Trinajstić information content (AvgIpc) is 2.17. The van der Waals surface area contributed by atoms with E-state index in [0.717, 1.165) is 0 Å². The molecule has 4 nitrogen and oxygen atoms in total. The molecule has 15 heavy (non-hydrogen) atoms. The number of hydrogen-bond donors (Lipinski definition) is 1. The molecule has 1 N–H and O–H groups in total. The first-order chi connectivity index (χ1) is 6.93. The molecule has 0 spiro atoms. The highest BCUT2D eigenvalue weighted by atomic mass is 32.2. The van der Waals surface area contributed by atoms with Crippen LogP contribution in [0.25, 0.3) is 0 Å². The summed E-state index contributed by atoms with van der Waals surface area (Å²) in [6.07, 6.45) is 1.39. The zero-order chi connectivity index (χ0) is 11.5. The van der Waals surface area contributed by atoms with E-state index in [4.69, 9.17) is 9.29 Å². The summed E-state index contributed by atoms with van der Waals surface area (Å²) in [6, 6.07) is 5.46. The van der Waals surface area contributed by atoms with Crippen LogP contribution in [0.5, 0.6) is 5.75 Å². The van der Waals surface area contributed by atoms with Crippen LogP contribution in [0.1, 0.15) is 0 Å². The van der Waals surface area contributed by atoms with E-state index in [0.29, 0.717) is 5.76 Å². The first-order valence-corrected chi connectivity index (χ1v) is 5.44. The molecule has 0 heterocycles. The number of hydrogen-bond acceptors (Lipinski definition) is 3. The van der Waals surface area contributed by atoms with Crippen molar-refractivity contribution in [1.82, 2.24) is 0 Å². The largest absolute Gasteiger partial charge is 0.458 e. The molecule has 1 rings (SSSR count). The molecule has 5 heteroatoms. The predicted octanol–water partition coefficient (Wildman–Crippen LogP) is 2.01. The lowest BCUT2D eigenvalue weighted by Crippen LogP contribution is -1.98. The van der Waals surface area contributed by atoms with Gasteiger partial charge in [0.05, 0.1) is 4.90 Å². The zero-order valence-electron chi connectivity index (χ0n) is 7.88. The quantitative estimate of drug-likeness (QED) is 0.484. The molecule has 0 saturated heterocycles. The van der Waals surface area contributed by atoms with Crippen molar-refractivity contribution in [2.45, 2.75) is 4.90 Å². The molecule has 0 saturated carbocycles. The van der Waals surface area contributed by atoms with Gasteiger partial charge in [-0.3, -0.25) is 4.55 Å². The second-order valence-corrected chi connectivity index (χ2v) is 4.14. The maximum atomic E-state index is 10.8. The summed E-state index contributed by atoms with van der Waals surface area (Å²) in [5.74, 6) is 0.567. The molecular formula is C10H10O4S. The van der Waals surface area contributed by atoms with Gasteiger partial charge in [-0.25, -0.2) is 0 Å². The summed E-state index contributed by atoms with van der Waals surface area (Å²) in [4.78, 5) is -0.225. The number of allylic oxidation sites excluding steroid dienone is 1. The van der Waals surface area contributed by atoms with Crippen LogP contribution in [0.3, 0.4) is 0 Å². The van der Waals surface area contributed by atoms with E-state index in [9.17, 15) is 8.42 Å². The topological polar surface area (TPSA) is 63.6 Å². The van der Waals surface area contributed by atoms with Crippen molar-refractivity contribution in [2.75, 3.05) is 0 Å². The molecule has 0 bridgehead atoms. The van der Waals surface area contributed by atoms with Crippen molar-refractivity contribution < 1.29 is 17.7 Å². The van der Waals surface area contributed by atoms with Gasteiger partial charge in [0.1, 0.15) is 11.5 Å². The van der Waals surface area contributed by atoms with Crippen molar-refractivity contribution in [3.05, 3.63) is 49.3 Å². The molecule has 0 radical (unpaired) electrons. The monoisotopic (exact) mass is 226 g/mol. The molecule has 1 aromatic carbocycles. The van der Waals surface area contributed by atoms with E-state index in [-0.39, 0.29) is 10.6 Å². The first-order valence-electron chi connectivity index (χ1n) is 4.00. The molecule has 0 aromatic heterocycles. The molecular weight excluding hydrogens is 216 g/mol. The maximum absolute atomic E-state index is 10.8. The summed E-state index contributed by atoms with van der Waals surface area (Å²) in [5, 5.41) is 0. The van der Waals surface area contributed by atoms with Crippen LogP contribution in [0.15, 0.2) is 54.2 Å². The summed E-state index contributed by atoms with van der Waals surface area (Å²) in [7, 11) is -4.20. The predicted molar refractivity (Wildman–Crippen MR) is 56.2 cm³/mol. The Morgan fingerprint density at radius 1 is 1.47 bits per heavy atom. The van der Waals surface area contributed by atoms with Crippen molar-refractivity contribution in [3.8, 4) is 5.75 Å². The lowest BCUT2D eigenvalue weighted by molar-refractivity contribution is 0.443. The summed E-state index contributed by atoms with van der Waals surface area (Å²) in [6.45, 7) is 6.94. The summed E-state index contributed by atoms with van der Waals surface area (Å²) < 4.78 is 35.5. The van der Waals surface area contributed by atoms with Gasteiger partial charge >= 0.3 is 0 Å². The maximum Gasteiger partial charge on any atom is 0.294 e. The van der Waals surface area contributed by atoms with Gasteiger partial charge in [0, 0.05) is 6.07 Å². The van der Waals surface area contributed by atoms with Gasteiger partial charge in [-0.15, -0.1) is 0 Å². The molecule has 1 aromatic rings. The number of ether oxygens (including phenoxy) is 1. The third-order valence-electron chi connectivity index (χ3n) is 1.58. The van der Waals surface area contributed by atoms with Crippen LogP contribution in [-0.4, -0.2) is 13.0 Å². The SMILES string of the molecule is C=CC(=C)Oc1cccc(S(=O)(=O)O)c1. The van der Waals surface area contributed by atoms with Crippen LogP contribution >= 0.6 is 0 Å². The van der Waals surface area contributed by atoms with Crippen molar-refractivity contribution in [1.29, 1.82) is 0 Å². The van der Waals surface area contributed by atoms with Gasteiger partial charge < -0.3 is 4.74 Å². The Bertz CT molecular complexity index is 488. The molecule has 0 unspecified atom stereocenters. The number of rotatable bonds is 4. The molecule has 0 amide bonds. The van der Waals surface area contributed by atoms with Crippen molar-refractivity contribution in [2.24, 2.45) is 0 Å². The Balaban J connectivity index is 3.03. The van der Waals surface area contributed by atoms with Gasteiger partial charge in [-0.05, 0) is 18.2 Å². The molecule has 80 valence electrons. The first kappa shape index (κ1) is 11.5. The molecule has 0 fully saturated rings. The minimum atomic E-state index is -4.20. The van der Waals surface area contributed by atoms with Crippen LogP contribution < -0.4 is 4.74 Å². The van der Waals surface area contributed by atoms with Crippen LogP contribution in [0.4, 0.5) is 0 Å². The molecule has 0 aliphatic rings. The molecule has 0 atom stereocenters. The van der Waals surface area contributed by atoms with Gasteiger partial charge in [0.2, 0.25) is 0 Å². The second-order valence-electron chi connectivity index (χ2n) is 2.72. The Hall–Kier alpha value is -1.59. The van der Waals surface area contributed by atoms with E-state index < -0.39 is 10.1 Å². The smallest absolute Gasteiger partial charge is 0.294 e. The highest BCUT2D eigenvalue weighted by Crippen LogP contribution is 2.18. The third-order valence-corrected chi connectivity index (χ3v) is 2.43. The summed E-state index contributed by atoms with van der Waals surface area (Å²) >= 11 is 0. The lowest BCUT2D eigenvalue weighted by Gasteiger charge is -2.05. The number of benzene rings is 1. The zero-order valence-corrected chi connectivity index (χ0v) is 8.70. The highest BCUT2D eigenvalue weighted by Gasteiger charge is 2.09. The minimum absolute atomic E-state index is 0.225. The Kier molecular flexibility index (Phi) is 3.28. The molecule has 0 aliphatic carbocycles. The van der Waals surface area contributed by atoms with Crippen LogP contribution in [-0.2, 0) is 10.1 Å². The van der Waals surface area contributed by atoms with Crippen LogP contribution in [0.2, 0.25) is 0 Å². The van der Waals surface area contributed by atoms with E-state index in [1.54, 1.807) is 6.07 Å². The van der Waals surface area contributed by atoms with Gasteiger partial charge in [-0.1, -0.05) is 19.2 Å². The van der Waals surface area contributed by atoms with Crippen molar-refractivity contribution >= 4 is 10.1 Å². The van der Waals surface area contributed by atoms with Gasteiger partial charge in [-0.2, -0.15) is 8.42 Å². The van der Waals surface area contributed by atoms with Gasteiger partial charge in [0.15, 0.2) is 0 Å². The minimum Gasteiger partial charge on any atom is -0.458 e. The standard InChI is InChI=1S/C10H10O4S/c1-3-8(2)14-9-5-4-6-10(7-9)15(11,12)13/h3-7H,1-2H2,(H,11,12,13). The third kappa shape index (κ3) is 3.23. The lowest BCUT2D eigenvalue weighted by atomic mass is 10.3. The van der Waals surface area contributed by atoms with E-state index in [1.165, 1.54) is 24.3 Å². The Morgan fingerprint density at radius 3 is 2.67 bits per heavy atom. The van der Waals surface area contributed by atoms with Crippen molar-refractivity contribution in [3.63, 3.8) is 0 Å². The average molecular weight is 226 g/mol. The van der Waals surface area contributed by atoms with E-state index in [2.05, 4.69) is 13.2 Å². The molecule has 0 aliphatic heterocycles. The normalized spacial score (nSPS) is 10.7. The van der Waals surface area contributed by atoms with Gasteiger partial charge in [0.25, 0.3) is 10.1 Å². The van der Waals surface area contributed by atoms with E-state index in [1.807, 2.05) is 0 Å². The summed E-state index contributed by atoms with van der Waals surface area (Å²) in [5.41, 5.74) is 0. The van der Waals surface area contributed by atoms with Crippen LogP contribution in [0, 0.1) is 0 Å². The fourth-order valence-electron chi connectivity index (χ4n) is 0.891. The Morgan fingerprint density at radius 2 is 2.13 bits per heavy atom. The van der Waals surface area contributed by atoms with E-state index >= 15 is 0 Å². The fraction of sp³-hybridized carbons (Fsp3) is 0.